The molecule has 0 aromatic heterocycles. The van der Waals surface area contributed by atoms with E-state index in [1.165, 1.54) is 12.8 Å². The van der Waals surface area contributed by atoms with Crippen molar-refractivity contribution >= 4 is 0 Å². The Morgan fingerprint density at radius 3 is 2.58 bits per heavy atom. The van der Waals surface area contributed by atoms with Gasteiger partial charge in [-0.3, -0.25) is 0 Å². The molecule has 0 spiro atoms. The highest BCUT2D eigenvalue weighted by Gasteiger charge is 2.21. The summed E-state index contributed by atoms with van der Waals surface area (Å²) in [5.74, 6) is 0.920. The maximum atomic E-state index is 6.03. The average Bonchev–Trinajstić information content (AvgIpc) is 2.47. The molecule has 1 N–H and O–H groups in total. The topological polar surface area (TPSA) is 30.5 Å². The van der Waals surface area contributed by atoms with E-state index in [0.717, 1.165) is 30.7 Å². The third kappa shape index (κ3) is 4.22. The predicted octanol–water partition coefficient (Wildman–Crippen LogP) is 3.13. The van der Waals surface area contributed by atoms with E-state index >= 15 is 0 Å². The third-order valence-corrected chi connectivity index (χ3v) is 3.83. The van der Waals surface area contributed by atoms with Gasteiger partial charge in [-0.05, 0) is 38.3 Å². The number of para-hydroxylation sites is 1. The van der Waals surface area contributed by atoms with E-state index in [0.29, 0.717) is 18.8 Å². The van der Waals surface area contributed by atoms with Gasteiger partial charge in [-0.2, -0.15) is 0 Å². The van der Waals surface area contributed by atoms with Crippen LogP contribution in [0.5, 0.6) is 5.75 Å². The second-order valence-electron chi connectivity index (χ2n) is 5.15. The van der Waals surface area contributed by atoms with Crippen LogP contribution in [0.25, 0.3) is 0 Å². The maximum absolute atomic E-state index is 6.03. The van der Waals surface area contributed by atoms with E-state index in [4.69, 9.17) is 9.47 Å². The zero-order chi connectivity index (χ0) is 13.5. The summed E-state index contributed by atoms with van der Waals surface area (Å²) in [4.78, 5) is 0. The van der Waals surface area contributed by atoms with Gasteiger partial charge in [-0.15, -0.1) is 0 Å². The average molecular weight is 263 g/mol. The normalized spacial score (nSPS) is 23.3. The van der Waals surface area contributed by atoms with Crippen molar-refractivity contribution in [1.29, 1.82) is 0 Å². The monoisotopic (exact) mass is 263 g/mol. The van der Waals surface area contributed by atoms with Crippen LogP contribution in [-0.2, 0) is 11.3 Å². The molecule has 1 aliphatic carbocycles. The van der Waals surface area contributed by atoms with Gasteiger partial charge in [0.1, 0.15) is 5.75 Å². The predicted molar refractivity (Wildman–Crippen MR) is 77.5 cm³/mol. The molecular weight excluding hydrogens is 238 g/mol. The number of rotatable bonds is 6. The summed E-state index contributed by atoms with van der Waals surface area (Å²) in [5.41, 5.74) is 1.14. The van der Waals surface area contributed by atoms with Gasteiger partial charge in [-0.25, -0.2) is 0 Å². The molecule has 0 bridgehead atoms. The highest BCUT2D eigenvalue weighted by molar-refractivity contribution is 5.32. The molecule has 1 fully saturated rings. The molecule has 1 aliphatic rings. The fraction of sp³-hybridized carbons (Fsp3) is 0.625. The van der Waals surface area contributed by atoms with E-state index in [9.17, 15) is 0 Å². The van der Waals surface area contributed by atoms with Gasteiger partial charge in [-0.1, -0.05) is 25.1 Å². The van der Waals surface area contributed by atoms with Gasteiger partial charge in [0.15, 0.2) is 0 Å². The molecule has 1 aromatic rings. The molecule has 1 aromatic carbocycles. The summed E-state index contributed by atoms with van der Waals surface area (Å²) in [6.45, 7) is 3.89. The van der Waals surface area contributed by atoms with Gasteiger partial charge >= 0.3 is 0 Å². The zero-order valence-corrected chi connectivity index (χ0v) is 12.0. The molecule has 0 atom stereocenters. The zero-order valence-electron chi connectivity index (χ0n) is 12.0. The molecule has 0 aliphatic heterocycles. The standard InChI is InChI=1S/C16H25NO2/c1-3-17-14-8-10-15(11-9-14)19-12-13-6-4-5-7-16(13)18-2/h4-7,14-15,17H,3,8-12H2,1-2H3. The highest BCUT2D eigenvalue weighted by atomic mass is 16.5. The molecule has 0 unspecified atom stereocenters. The number of nitrogens with one attached hydrogen (secondary N) is 1. The van der Waals surface area contributed by atoms with Crippen LogP contribution in [0.1, 0.15) is 38.2 Å². The summed E-state index contributed by atoms with van der Waals surface area (Å²) >= 11 is 0. The van der Waals surface area contributed by atoms with Crippen LogP contribution < -0.4 is 10.1 Å². The molecule has 1 saturated carbocycles. The van der Waals surface area contributed by atoms with Gasteiger partial charge in [0.25, 0.3) is 0 Å². The van der Waals surface area contributed by atoms with E-state index < -0.39 is 0 Å². The summed E-state index contributed by atoms with van der Waals surface area (Å²) in [6.07, 6.45) is 5.17. The minimum Gasteiger partial charge on any atom is -0.496 e. The summed E-state index contributed by atoms with van der Waals surface area (Å²) in [7, 11) is 1.71. The quantitative estimate of drug-likeness (QED) is 0.855. The Labute approximate surface area is 116 Å². The van der Waals surface area contributed by atoms with Crippen LogP contribution in [0.4, 0.5) is 0 Å². The van der Waals surface area contributed by atoms with Crippen LogP contribution in [0.15, 0.2) is 24.3 Å². The SMILES string of the molecule is CCNC1CCC(OCc2ccccc2OC)CC1. The van der Waals surface area contributed by atoms with Crippen molar-refractivity contribution in [1.82, 2.24) is 5.32 Å². The lowest BCUT2D eigenvalue weighted by atomic mass is 9.93. The Balaban J connectivity index is 1.77. The fourth-order valence-electron chi connectivity index (χ4n) is 2.75. The fourth-order valence-corrected chi connectivity index (χ4v) is 2.75. The Bertz CT molecular complexity index is 373. The maximum Gasteiger partial charge on any atom is 0.124 e. The molecule has 0 radical (unpaired) electrons. The first-order valence-electron chi connectivity index (χ1n) is 7.30. The molecule has 0 saturated heterocycles. The minimum atomic E-state index is 0.403. The molecule has 2 rings (SSSR count). The summed E-state index contributed by atoms with van der Waals surface area (Å²) < 4.78 is 11.4. The number of hydrogen-bond donors (Lipinski definition) is 1. The van der Waals surface area contributed by atoms with E-state index in [-0.39, 0.29) is 0 Å². The Hall–Kier alpha value is -1.06. The van der Waals surface area contributed by atoms with Gasteiger partial charge in [0, 0.05) is 11.6 Å². The minimum absolute atomic E-state index is 0.403. The van der Waals surface area contributed by atoms with Crippen molar-refractivity contribution in [3.05, 3.63) is 29.8 Å². The van der Waals surface area contributed by atoms with Crippen LogP contribution in [0, 0.1) is 0 Å². The lowest BCUT2D eigenvalue weighted by Crippen LogP contribution is -2.35. The Morgan fingerprint density at radius 1 is 1.16 bits per heavy atom. The van der Waals surface area contributed by atoms with Crippen LogP contribution in [-0.4, -0.2) is 25.8 Å². The van der Waals surface area contributed by atoms with Crippen molar-refractivity contribution in [2.24, 2.45) is 0 Å². The molecule has 106 valence electrons. The molecule has 19 heavy (non-hydrogen) atoms. The first-order valence-corrected chi connectivity index (χ1v) is 7.30. The van der Waals surface area contributed by atoms with Gasteiger partial charge in [0.2, 0.25) is 0 Å². The molecule has 0 amide bonds. The highest BCUT2D eigenvalue weighted by Crippen LogP contribution is 2.24. The third-order valence-electron chi connectivity index (χ3n) is 3.83. The van der Waals surface area contributed by atoms with Crippen molar-refractivity contribution in [2.45, 2.75) is 51.4 Å². The smallest absolute Gasteiger partial charge is 0.124 e. The molecule has 0 heterocycles. The van der Waals surface area contributed by atoms with Crippen molar-refractivity contribution in [3.63, 3.8) is 0 Å². The van der Waals surface area contributed by atoms with Gasteiger partial charge in [0.05, 0.1) is 19.8 Å². The lowest BCUT2D eigenvalue weighted by molar-refractivity contribution is 0.0107. The first-order chi connectivity index (χ1) is 9.33. The second-order valence-corrected chi connectivity index (χ2v) is 5.15. The van der Waals surface area contributed by atoms with Crippen LogP contribution in [0.2, 0.25) is 0 Å². The summed E-state index contributed by atoms with van der Waals surface area (Å²) in [6, 6.07) is 8.77. The van der Waals surface area contributed by atoms with E-state index in [1.807, 2.05) is 18.2 Å². The van der Waals surface area contributed by atoms with E-state index in [2.05, 4.69) is 18.3 Å². The van der Waals surface area contributed by atoms with Crippen LogP contribution in [0.3, 0.4) is 0 Å². The van der Waals surface area contributed by atoms with Crippen molar-refractivity contribution < 1.29 is 9.47 Å². The van der Waals surface area contributed by atoms with E-state index in [1.54, 1.807) is 7.11 Å². The Morgan fingerprint density at radius 2 is 1.89 bits per heavy atom. The largest absolute Gasteiger partial charge is 0.496 e. The molecule has 3 nitrogen and oxygen atoms in total. The van der Waals surface area contributed by atoms with Crippen molar-refractivity contribution in [2.75, 3.05) is 13.7 Å². The lowest BCUT2D eigenvalue weighted by Gasteiger charge is -2.29. The number of methoxy groups -OCH3 is 1. The Kier molecular flexibility index (Phi) is 5.67. The number of hydrogen-bond acceptors (Lipinski definition) is 3. The second kappa shape index (κ2) is 7.51. The first kappa shape index (κ1) is 14.4. The number of benzene rings is 1. The van der Waals surface area contributed by atoms with Crippen LogP contribution >= 0.6 is 0 Å². The summed E-state index contributed by atoms with van der Waals surface area (Å²) in [5, 5.41) is 3.52. The van der Waals surface area contributed by atoms with Gasteiger partial charge < -0.3 is 14.8 Å². The molecular formula is C16H25NO2. The van der Waals surface area contributed by atoms with Crippen molar-refractivity contribution in [3.8, 4) is 5.75 Å². The molecule has 3 heteroatoms. The number of ether oxygens (including phenoxy) is 2.